The van der Waals surface area contributed by atoms with Gasteiger partial charge in [-0.3, -0.25) is 9.69 Å². The number of fused-ring (bicyclic) bond motifs is 1. The average Bonchev–Trinajstić information content (AvgIpc) is 2.74. The summed E-state index contributed by atoms with van der Waals surface area (Å²) in [6.45, 7) is 10.9. The zero-order valence-corrected chi connectivity index (χ0v) is 17.9. The number of carbonyl (C=O) groups excluding carboxylic acids is 1. The summed E-state index contributed by atoms with van der Waals surface area (Å²) >= 11 is 0. The predicted octanol–water partition coefficient (Wildman–Crippen LogP) is 3.02. The molecule has 2 fully saturated rings. The number of hydrogen-bond donors (Lipinski definition) is 1. The van der Waals surface area contributed by atoms with E-state index in [1.807, 2.05) is 11.8 Å². The van der Waals surface area contributed by atoms with Crippen molar-refractivity contribution >= 4 is 16.7 Å². The zero-order chi connectivity index (χ0) is 20.6. The van der Waals surface area contributed by atoms with Gasteiger partial charge in [0.25, 0.3) is 0 Å². The first-order valence-electron chi connectivity index (χ1n) is 10.8. The van der Waals surface area contributed by atoms with E-state index in [-0.39, 0.29) is 17.4 Å². The van der Waals surface area contributed by atoms with E-state index < -0.39 is 5.54 Å². The third kappa shape index (κ3) is 3.45. The molecule has 29 heavy (non-hydrogen) atoms. The molecule has 2 aromatic carbocycles. The van der Waals surface area contributed by atoms with E-state index in [2.05, 4.69) is 61.2 Å². The fraction of sp³-hybridized carbons (Fsp3) is 0.542. The molecular formula is C24H33N3O2. The maximum absolute atomic E-state index is 13.2. The zero-order valence-electron chi connectivity index (χ0n) is 17.9. The van der Waals surface area contributed by atoms with Gasteiger partial charge < -0.3 is 15.4 Å². The minimum absolute atomic E-state index is 0.0640. The summed E-state index contributed by atoms with van der Waals surface area (Å²) in [4.78, 5) is 17.6. The van der Waals surface area contributed by atoms with Gasteiger partial charge in [-0.15, -0.1) is 0 Å². The lowest BCUT2D eigenvalue weighted by Crippen LogP contribution is -2.76. The Bertz CT molecular complexity index is 883. The summed E-state index contributed by atoms with van der Waals surface area (Å²) in [7, 11) is 0. The van der Waals surface area contributed by atoms with Crippen molar-refractivity contribution in [1.29, 1.82) is 0 Å². The number of nitrogens with zero attached hydrogens (tertiary/aromatic N) is 2. The standard InChI is InChI=1S/C24H33N3O2/c1-4-29-21-16-24(25,23(21,2)3)22(28)27-14-12-26(13-15-27)17-19-10-7-9-18-8-5-6-11-20(18)19/h5-11,21H,4,12-17,25H2,1-3H3. The van der Waals surface area contributed by atoms with Crippen LogP contribution in [-0.4, -0.2) is 60.1 Å². The molecule has 1 saturated carbocycles. The Hall–Kier alpha value is -1.95. The summed E-state index contributed by atoms with van der Waals surface area (Å²) in [5.74, 6) is 0.0864. The number of nitrogens with two attached hydrogens (primary N) is 1. The van der Waals surface area contributed by atoms with Crippen molar-refractivity contribution in [2.75, 3.05) is 32.8 Å². The van der Waals surface area contributed by atoms with E-state index in [0.717, 1.165) is 32.7 Å². The Morgan fingerprint density at radius 1 is 1.10 bits per heavy atom. The topological polar surface area (TPSA) is 58.8 Å². The van der Waals surface area contributed by atoms with Crippen molar-refractivity contribution in [1.82, 2.24) is 9.80 Å². The molecule has 1 saturated heterocycles. The fourth-order valence-electron chi connectivity index (χ4n) is 4.86. The molecule has 1 amide bonds. The second-order valence-electron chi connectivity index (χ2n) is 9.05. The number of amides is 1. The smallest absolute Gasteiger partial charge is 0.243 e. The van der Waals surface area contributed by atoms with Crippen LogP contribution in [-0.2, 0) is 16.1 Å². The molecule has 2 aromatic rings. The van der Waals surface area contributed by atoms with Gasteiger partial charge in [-0.05, 0) is 23.3 Å². The average molecular weight is 396 g/mol. The van der Waals surface area contributed by atoms with Crippen LogP contribution in [0.1, 0.15) is 32.8 Å². The number of carbonyl (C=O) groups is 1. The van der Waals surface area contributed by atoms with Crippen molar-refractivity contribution in [3.8, 4) is 0 Å². The molecule has 1 aliphatic heterocycles. The van der Waals surface area contributed by atoms with Crippen LogP contribution < -0.4 is 5.73 Å². The molecule has 0 radical (unpaired) electrons. The van der Waals surface area contributed by atoms with Gasteiger partial charge in [0, 0.05) is 51.2 Å². The first-order valence-corrected chi connectivity index (χ1v) is 10.8. The van der Waals surface area contributed by atoms with Crippen molar-refractivity contribution in [2.24, 2.45) is 11.1 Å². The van der Waals surface area contributed by atoms with Gasteiger partial charge >= 0.3 is 0 Å². The number of hydrogen-bond acceptors (Lipinski definition) is 4. The van der Waals surface area contributed by atoms with Crippen LogP contribution in [0.15, 0.2) is 42.5 Å². The Balaban J connectivity index is 1.38. The summed E-state index contributed by atoms with van der Waals surface area (Å²) < 4.78 is 5.79. The third-order valence-electron chi connectivity index (χ3n) is 7.14. The second-order valence-corrected chi connectivity index (χ2v) is 9.05. The molecule has 2 unspecified atom stereocenters. The van der Waals surface area contributed by atoms with Crippen molar-refractivity contribution in [2.45, 2.75) is 45.4 Å². The van der Waals surface area contributed by atoms with Crippen LogP contribution in [0.3, 0.4) is 0 Å². The first kappa shape index (κ1) is 20.3. The molecule has 2 N–H and O–H groups in total. The Kier molecular flexibility index (Phi) is 5.40. The van der Waals surface area contributed by atoms with Crippen molar-refractivity contribution in [3.63, 3.8) is 0 Å². The van der Waals surface area contributed by atoms with E-state index in [1.165, 1.54) is 16.3 Å². The van der Waals surface area contributed by atoms with E-state index in [9.17, 15) is 4.79 Å². The van der Waals surface area contributed by atoms with Crippen LogP contribution in [0.2, 0.25) is 0 Å². The van der Waals surface area contributed by atoms with Gasteiger partial charge in [0.1, 0.15) is 5.54 Å². The molecule has 0 aromatic heterocycles. The van der Waals surface area contributed by atoms with Crippen LogP contribution in [0, 0.1) is 5.41 Å². The summed E-state index contributed by atoms with van der Waals surface area (Å²) in [6.07, 6.45) is 0.678. The largest absolute Gasteiger partial charge is 0.378 e. The highest BCUT2D eigenvalue weighted by molar-refractivity contribution is 5.89. The minimum atomic E-state index is -0.815. The molecule has 4 rings (SSSR count). The molecule has 0 bridgehead atoms. The molecule has 5 nitrogen and oxygen atoms in total. The molecule has 2 aliphatic rings. The van der Waals surface area contributed by atoms with Gasteiger partial charge in [0.05, 0.1) is 6.10 Å². The Labute approximate surface area is 173 Å². The van der Waals surface area contributed by atoms with E-state index in [0.29, 0.717) is 13.0 Å². The van der Waals surface area contributed by atoms with Gasteiger partial charge in [-0.25, -0.2) is 0 Å². The van der Waals surface area contributed by atoms with Gasteiger partial charge in [0.2, 0.25) is 5.91 Å². The molecule has 0 spiro atoms. The SMILES string of the molecule is CCOC1CC(N)(C(=O)N2CCN(Cc3cccc4ccccc34)CC2)C1(C)C. The molecular weight excluding hydrogens is 362 g/mol. The highest BCUT2D eigenvalue weighted by Gasteiger charge is 2.63. The van der Waals surface area contributed by atoms with Gasteiger partial charge in [-0.2, -0.15) is 0 Å². The number of ether oxygens (including phenoxy) is 1. The van der Waals surface area contributed by atoms with Crippen LogP contribution in [0.4, 0.5) is 0 Å². The van der Waals surface area contributed by atoms with Crippen LogP contribution >= 0.6 is 0 Å². The number of benzene rings is 2. The summed E-state index contributed by atoms with van der Waals surface area (Å²) in [5.41, 5.74) is 6.81. The van der Waals surface area contributed by atoms with Crippen LogP contribution in [0.25, 0.3) is 10.8 Å². The van der Waals surface area contributed by atoms with E-state index in [4.69, 9.17) is 10.5 Å². The summed E-state index contributed by atoms with van der Waals surface area (Å²) in [6, 6.07) is 15.0. The normalized spacial score (nSPS) is 27.0. The third-order valence-corrected chi connectivity index (χ3v) is 7.14. The van der Waals surface area contributed by atoms with Gasteiger partial charge in [-0.1, -0.05) is 56.3 Å². The number of rotatable bonds is 5. The van der Waals surface area contributed by atoms with E-state index in [1.54, 1.807) is 0 Å². The van der Waals surface area contributed by atoms with Crippen molar-refractivity contribution < 1.29 is 9.53 Å². The Morgan fingerprint density at radius 2 is 1.79 bits per heavy atom. The predicted molar refractivity (Wildman–Crippen MR) is 117 cm³/mol. The Morgan fingerprint density at radius 3 is 2.48 bits per heavy atom. The highest BCUT2D eigenvalue weighted by Crippen LogP contribution is 2.50. The highest BCUT2D eigenvalue weighted by atomic mass is 16.5. The first-order chi connectivity index (χ1) is 13.9. The lowest BCUT2D eigenvalue weighted by Gasteiger charge is -2.59. The molecule has 2 atom stereocenters. The second kappa shape index (κ2) is 7.71. The van der Waals surface area contributed by atoms with Crippen molar-refractivity contribution in [3.05, 3.63) is 48.0 Å². The monoisotopic (exact) mass is 395 g/mol. The lowest BCUT2D eigenvalue weighted by molar-refractivity contribution is -0.180. The van der Waals surface area contributed by atoms with Crippen LogP contribution in [0.5, 0.6) is 0 Å². The maximum atomic E-state index is 13.2. The quantitative estimate of drug-likeness (QED) is 0.846. The molecule has 1 aliphatic carbocycles. The molecule has 5 heteroatoms. The fourth-order valence-corrected chi connectivity index (χ4v) is 4.86. The van der Waals surface area contributed by atoms with Gasteiger partial charge in [0.15, 0.2) is 0 Å². The van der Waals surface area contributed by atoms with E-state index >= 15 is 0 Å². The molecule has 1 heterocycles. The lowest BCUT2D eigenvalue weighted by atomic mass is 9.54. The minimum Gasteiger partial charge on any atom is -0.378 e. The maximum Gasteiger partial charge on any atom is 0.243 e. The summed E-state index contributed by atoms with van der Waals surface area (Å²) in [5, 5.41) is 2.59. The number of piperazine rings is 1. The molecule has 156 valence electrons.